The molecule has 2 heterocycles. The quantitative estimate of drug-likeness (QED) is 0.176. The fraction of sp³-hybridized carbons (Fsp3) is 0.405. The second kappa shape index (κ2) is 14.6. The van der Waals surface area contributed by atoms with Crippen molar-refractivity contribution in [2.45, 2.75) is 63.1 Å². The van der Waals surface area contributed by atoms with Crippen LogP contribution < -0.4 is 4.74 Å². The first-order valence-corrected chi connectivity index (χ1v) is 18.2. The van der Waals surface area contributed by atoms with Crippen LogP contribution in [0.4, 0.5) is 10.5 Å². The lowest BCUT2D eigenvalue weighted by atomic mass is 9.83. The Morgan fingerprint density at radius 3 is 2.26 bits per heavy atom. The van der Waals surface area contributed by atoms with Gasteiger partial charge in [-0.2, -0.15) is 0 Å². The summed E-state index contributed by atoms with van der Waals surface area (Å²) in [6.45, 7) is 9.19. The number of piperidine rings is 1. The van der Waals surface area contributed by atoms with E-state index in [0.29, 0.717) is 51.0 Å². The summed E-state index contributed by atoms with van der Waals surface area (Å²) in [7, 11) is -2.73. The summed E-state index contributed by atoms with van der Waals surface area (Å²) in [5, 5.41) is 11.4. The van der Waals surface area contributed by atoms with Crippen molar-refractivity contribution in [1.82, 2.24) is 14.1 Å². The number of hydrogen-bond donors (Lipinski definition) is 0. The van der Waals surface area contributed by atoms with Gasteiger partial charge in [-0.15, -0.1) is 0 Å². The molecule has 3 aromatic rings. The van der Waals surface area contributed by atoms with Crippen LogP contribution in [0.1, 0.15) is 68.4 Å². The van der Waals surface area contributed by atoms with Crippen molar-refractivity contribution < 1.29 is 32.4 Å². The summed E-state index contributed by atoms with van der Waals surface area (Å²) < 4.78 is 39.4. The number of benzene rings is 3. The number of hydrogen-bond acceptors (Lipinski definition) is 8. The Balaban J connectivity index is 1.27. The predicted octanol–water partition coefficient (Wildman–Crippen LogP) is 6.36. The number of likely N-dealkylation sites (tertiary alicyclic amines) is 1. The van der Waals surface area contributed by atoms with Crippen LogP contribution in [0.3, 0.4) is 0 Å². The average molecular weight is 705 g/mol. The van der Waals surface area contributed by atoms with E-state index >= 15 is 0 Å². The molecule has 2 aliphatic rings. The van der Waals surface area contributed by atoms with Gasteiger partial charge in [0.2, 0.25) is 10.0 Å². The standard InChI is InChI=1S/C37H44N4O8S/c1-6-39(23-11-22-38(5)50(46,47)33-15-10-8-13-31(33)41(44)45)34(42)28-18-16-27(17-19-28)30-26-37(48-32-14-9-7-12-29(30)32)20-24-40(25-21-37)35(43)49-36(2,3)4/h7-10,12-19,26H,6,11,20-25H2,1-5H3. The fourth-order valence-corrected chi connectivity index (χ4v) is 7.59. The summed E-state index contributed by atoms with van der Waals surface area (Å²) in [5.41, 5.74) is 1.72. The molecule has 50 heavy (non-hydrogen) atoms. The van der Waals surface area contributed by atoms with Crippen LogP contribution in [-0.2, 0) is 14.8 Å². The molecule has 12 nitrogen and oxygen atoms in total. The maximum atomic E-state index is 13.5. The molecule has 2 amide bonds. The number of carbonyl (C=O) groups is 2. The second-order valence-corrected chi connectivity index (χ2v) is 15.6. The van der Waals surface area contributed by atoms with Crippen molar-refractivity contribution in [2.75, 3.05) is 39.8 Å². The summed E-state index contributed by atoms with van der Waals surface area (Å²) in [6.07, 6.45) is 3.36. The van der Waals surface area contributed by atoms with Crippen molar-refractivity contribution >= 4 is 33.3 Å². The van der Waals surface area contributed by atoms with Gasteiger partial charge < -0.3 is 19.3 Å². The first-order valence-electron chi connectivity index (χ1n) is 16.7. The Morgan fingerprint density at radius 2 is 1.62 bits per heavy atom. The highest BCUT2D eigenvalue weighted by Gasteiger charge is 2.41. The van der Waals surface area contributed by atoms with E-state index < -0.39 is 31.8 Å². The third kappa shape index (κ3) is 8.00. The van der Waals surface area contributed by atoms with Crippen molar-refractivity contribution in [2.24, 2.45) is 0 Å². The van der Waals surface area contributed by atoms with Gasteiger partial charge in [-0.1, -0.05) is 42.5 Å². The van der Waals surface area contributed by atoms with E-state index in [4.69, 9.17) is 9.47 Å². The normalized spacial score (nSPS) is 15.6. The first kappa shape index (κ1) is 36.5. The van der Waals surface area contributed by atoms with Crippen molar-refractivity contribution in [1.29, 1.82) is 0 Å². The molecule has 0 unspecified atom stereocenters. The number of sulfonamides is 1. The number of fused-ring (bicyclic) bond motifs is 1. The largest absolute Gasteiger partial charge is 0.482 e. The van der Waals surface area contributed by atoms with Crippen molar-refractivity contribution in [3.05, 3.63) is 106 Å². The predicted molar refractivity (Wildman–Crippen MR) is 189 cm³/mol. The van der Waals surface area contributed by atoms with E-state index in [1.807, 2.05) is 64.1 Å². The van der Waals surface area contributed by atoms with E-state index in [1.165, 1.54) is 25.2 Å². The Morgan fingerprint density at radius 1 is 0.980 bits per heavy atom. The van der Waals surface area contributed by atoms with E-state index in [9.17, 15) is 28.1 Å². The molecule has 5 rings (SSSR count). The number of rotatable bonds is 10. The van der Waals surface area contributed by atoms with Gasteiger partial charge in [-0.3, -0.25) is 14.9 Å². The minimum Gasteiger partial charge on any atom is -0.482 e. The molecule has 0 aliphatic carbocycles. The summed E-state index contributed by atoms with van der Waals surface area (Å²) in [4.78, 5) is 39.9. The molecule has 0 radical (unpaired) electrons. The fourth-order valence-electron chi connectivity index (χ4n) is 6.22. The summed E-state index contributed by atoms with van der Waals surface area (Å²) in [5.74, 6) is 0.581. The van der Waals surface area contributed by atoms with Crippen LogP contribution in [0.15, 0.2) is 83.8 Å². The van der Waals surface area contributed by atoms with Gasteiger partial charge in [0.05, 0.1) is 4.92 Å². The van der Waals surface area contributed by atoms with E-state index in [-0.39, 0.29) is 23.4 Å². The van der Waals surface area contributed by atoms with Crippen molar-refractivity contribution in [3.8, 4) is 5.75 Å². The molecule has 13 heteroatoms. The van der Waals surface area contributed by atoms with Crippen LogP contribution in [0.25, 0.3) is 5.57 Å². The highest BCUT2D eigenvalue weighted by atomic mass is 32.2. The molecule has 1 fully saturated rings. The third-order valence-electron chi connectivity index (χ3n) is 8.92. The highest BCUT2D eigenvalue weighted by molar-refractivity contribution is 7.89. The Labute approximate surface area is 293 Å². The molecular weight excluding hydrogens is 660 g/mol. The van der Waals surface area contributed by atoms with Crippen LogP contribution in [0.2, 0.25) is 0 Å². The monoisotopic (exact) mass is 704 g/mol. The van der Waals surface area contributed by atoms with Crippen LogP contribution in [0, 0.1) is 10.1 Å². The van der Waals surface area contributed by atoms with Crippen molar-refractivity contribution in [3.63, 3.8) is 0 Å². The average Bonchev–Trinajstić information content (AvgIpc) is 3.09. The molecule has 0 bridgehead atoms. The molecule has 266 valence electrons. The number of amides is 2. The van der Waals surface area contributed by atoms with E-state index in [0.717, 1.165) is 32.8 Å². The molecule has 1 spiro atoms. The lowest BCUT2D eigenvalue weighted by Crippen LogP contribution is -2.50. The second-order valence-electron chi connectivity index (χ2n) is 13.6. The molecule has 0 aromatic heterocycles. The molecule has 1 saturated heterocycles. The van der Waals surface area contributed by atoms with E-state index in [1.54, 1.807) is 21.9 Å². The number of carbonyl (C=O) groups excluding carboxylic acids is 2. The minimum atomic E-state index is -4.10. The first-order chi connectivity index (χ1) is 23.6. The molecule has 3 aromatic carbocycles. The topological polar surface area (TPSA) is 140 Å². The Hall–Kier alpha value is -4.75. The number of para-hydroxylation sites is 2. The maximum absolute atomic E-state index is 13.5. The zero-order valence-electron chi connectivity index (χ0n) is 29.1. The minimum absolute atomic E-state index is 0.0734. The molecular formula is C37H44N4O8S. The smallest absolute Gasteiger partial charge is 0.410 e. The number of nitro benzene ring substituents is 1. The van der Waals surface area contributed by atoms with Crippen LogP contribution in [0.5, 0.6) is 5.75 Å². The lowest BCUT2D eigenvalue weighted by Gasteiger charge is -2.43. The SMILES string of the molecule is CCN(CCCN(C)S(=O)(=O)c1ccccc1[N+](=O)[O-])C(=O)c1ccc(C2=CC3(CCN(C(=O)OC(C)(C)C)CC3)Oc3ccccc32)cc1. The zero-order chi connectivity index (χ0) is 36.3. The number of ether oxygens (including phenoxy) is 2. The van der Waals surface area contributed by atoms with Gasteiger partial charge in [0, 0.05) is 69.8 Å². The Bertz CT molecular complexity index is 1880. The molecule has 0 saturated carbocycles. The van der Waals surface area contributed by atoms with Gasteiger partial charge >= 0.3 is 6.09 Å². The van der Waals surface area contributed by atoms with Gasteiger partial charge in [-0.05, 0) is 75.6 Å². The van der Waals surface area contributed by atoms with Gasteiger partial charge in [0.1, 0.15) is 17.0 Å². The zero-order valence-corrected chi connectivity index (χ0v) is 29.9. The molecule has 0 atom stereocenters. The van der Waals surface area contributed by atoms with Gasteiger partial charge in [0.25, 0.3) is 11.6 Å². The number of nitrogens with zero attached hydrogens (tertiary/aromatic N) is 4. The van der Waals surface area contributed by atoms with Gasteiger partial charge in [-0.25, -0.2) is 17.5 Å². The Kier molecular flexibility index (Phi) is 10.7. The highest BCUT2D eigenvalue weighted by Crippen LogP contribution is 2.43. The molecule has 2 aliphatic heterocycles. The third-order valence-corrected chi connectivity index (χ3v) is 10.8. The van der Waals surface area contributed by atoms with E-state index in [2.05, 4.69) is 6.08 Å². The summed E-state index contributed by atoms with van der Waals surface area (Å²) in [6, 6.07) is 20.5. The maximum Gasteiger partial charge on any atom is 0.410 e. The lowest BCUT2D eigenvalue weighted by molar-refractivity contribution is -0.387. The van der Waals surface area contributed by atoms with Crippen LogP contribution in [-0.4, -0.2) is 90.4 Å². The summed E-state index contributed by atoms with van der Waals surface area (Å²) >= 11 is 0. The number of nitro groups is 1. The molecule has 0 N–H and O–H groups in total. The van der Waals surface area contributed by atoms with Gasteiger partial charge in [0.15, 0.2) is 4.90 Å². The van der Waals surface area contributed by atoms with Crippen LogP contribution >= 0.6 is 0 Å².